The van der Waals surface area contributed by atoms with Crippen LogP contribution in [0.5, 0.6) is 17.2 Å². The van der Waals surface area contributed by atoms with E-state index in [-0.39, 0.29) is 18.5 Å². The Morgan fingerprint density at radius 2 is 1.92 bits per heavy atom. The second-order valence-electron chi connectivity index (χ2n) is 6.36. The summed E-state index contributed by atoms with van der Waals surface area (Å²) in [6.07, 6.45) is 0.995. The third-order valence-corrected chi connectivity index (χ3v) is 5.08. The van der Waals surface area contributed by atoms with Gasteiger partial charge in [-0.3, -0.25) is 0 Å². The SMILES string of the molecule is Fc1ccc([C@@H]2CCNC[C@H]2COc2cc3c(cc2Cl)OCO3)cc1. The van der Waals surface area contributed by atoms with Gasteiger partial charge in [0.05, 0.1) is 11.6 Å². The summed E-state index contributed by atoms with van der Waals surface area (Å²) >= 11 is 6.28. The lowest BCUT2D eigenvalue weighted by Crippen LogP contribution is -2.38. The minimum absolute atomic E-state index is 0.203. The van der Waals surface area contributed by atoms with Gasteiger partial charge < -0.3 is 19.5 Å². The number of nitrogens with one attached hydrogen (secondary N) is 1. The Bertz CT molecular complexity index is 753. The van der Waals surface area contributed by atoms with Crippen LogP contribution in [0.15, 0.2) is 36.4 Å². The highest BCUT2D eigenvalue weighted by molar-refractivity contribution is 6.32. The van der Waals surface area contributed by atoms with Crippen molar-refractivity contribution in [3.05, 3.63) is 52.8 Å². The summed E-state index contributed by atoms with van der Waals surface area (Å²) in [6, 6.07) is 10.3. The van der Waals surface area contributed by atoms with Gasteiger partial charge in [-0.15, -0.1) is 0 Å². The standard InChI is InChI=1S/C19H19ClFNO3/c20-16-7-18-19(25-11-24-18)8-17(16)23-10-13-9-22-6-5-15(13)12-1-3-14(21)4-2-12/h1-4,7-8,13,15,22H,5-6,9-11H2/t13-,15-/m0/s1. The Balaban J connectivity index is 1.48. The molecule has 6 heteroatoms. The molecular formula is C19H19ClFNO3. The van der Waals surface area contributed by atoms with Crippen LogP contribution >= 0.6 is 11.6 Å². The summed E-state index contributed by atoms with van der Waals surface area (Å²) < 4.78 is 29.9. The number of halogens is 2. The van der Waals surface area contributed by atoms with Gasteiger partial charge in [0.25, 0.3) is 0 Å². The van der Waals surface area contributed by atoms with E-state index in [0.29, 0.717) is 34.8 Å². The first-order chi connectivity index (χ1) is 12.2. The molecule has 4 rings (SSSR count). The van der Waals surface area contributed by atoms with Gasteiger partial charge in [-0.25, -0.2) is 4.39 Å². The predicted molar refractivity (Wildman–Crippen MR) is 93.2 cm³/mol. The summed E-state index contributed by atoms with van der Waals surface area (Å²) in [5.74, 6) is 2.28. The first-order valence-electron chi connectivity index (χ1n) is 8.39. The lowest BCUT2D eigenvalue weighted by Gasteiger charge is -2.32. The van der Waals surface area contributed by atoms with Gasteiger partial charge in [-0.1, -0.05) is 23.7 Å². The largest absolute Gasteiger partial charge is 0.492 e. The van der Waals surface area contributed by atoms with E-state index in [9.17, 15) is 4.39 Å². The van der Waals surface area contributed by atoms with Crippen LogP contribution in [-0.2, 0) is 0 Å². The van der Waals surface area contributed by atoms with Gasteiger partial charge in [-0.2, -0.15) is 0 Å². The Morgan fingerprint density at radius 1 is 1.16 bits per heavy atom. The van der Waals surface area contributed by atoms with Gasteiger partial charge in [0, 0.05) is 24.6 Å². The van der Waals surface area contributed by atoms with E-state index in [4.69, 9.17) is 25.8 Å². The molecule has 0 amide bonds. The average molecular weight is 364 g/mol. The molecule has 2 atom stereocenters. The number of piperidine rings is 1. The molecule has 2 aliphatic rings. The highest BCUT2D eigenvalue weighted by Crippen LogP contribution is 2.41. The lowest BCUT2D eigenvalue weighted by atomic mass is 9.81. The molecule has 0 aliphatic carbocycles. The zero-order valence-electron chi connectivity index (χ0n) is 13.6. The van der Waals surface area contributed by atoms with Crippen molar-refractivity contribution in [3.63, 3.8) is 0 Å². The van der Waals surface area contributed by atoms with Crippen molar-refractivity contribution in [2.45, 2.75) is 12.3 Å². The van der Waals surface area contributed by atoms with Crippen molar-refractivity contribution in [2.24, 2.45) is 5.92 Å². The maximum absolute atomic E-state index is 13.2. The monoisotopic (exact) mass is 363 g/mol. The maximum atomic E-state index is 13.2. The number of benzene rings is 2. The van der Waals surface area contributed by atoms with Gasteiger partial charge in [0.15, 0.2) is 11.5 Å². The molecule has 1 N–H and O–H groups in total. The molecule has 1 fully saturated rings. The van der Waals surface area contributed by atoms with Crippen LogP contribution in [-0.4, -0.2) is 26.5 Å². The molecule has 0 bridgehead atoms. The normalized spacial score (nSPS) is 22.0. The van der Waals surface area contributed by atoms with Crippen LogP contribution < -0.4 is 19.5 Å². The summed E-state index contributed by atoms with van der Waals surface area (Å²) in [5.41, 5.74) is 1.15. The number of hydrogen-bond acceptors (Lipinski definition) is 4. The summed E-state index contributed by atoms with van der Waals surface area (Å²) in [5, 5.41) is 3.91. The van der Waals surface area contributed by atoms with Gasteiger partial charge in [0.1, 0.15) is 11.6 Å². The highest BCUT2D eigenvalue weighted by atomic mass is 35.5. The molecule has 132 valence electrons. The second kappa shape index (κ2) is 7.10. The molecule has 4 nitrogen and oxygen atoms in total. The van der Waals surface area contributed by atoms with Crippen molar-refractivity contribution < 1.29 is 18.6 Å². The molecule has 0 unspecified atom stereocenters. The van der Waals surface area contributed by atoms with Crippen LogP contribution in [0, 0.1) is 11.7 Å². The summed E-state index contributed by atoms with van der Waals surface area (Å²) in [4.78, 5) is 0. The quantitative estimate of drug-likeness (QED) is 0.892. The minimum Gasteiger partial charge on any atom is -0.492 e. The van der Waals surface area contributed by atoms with E-state index in [2.05, 4.69) is 5.32 Å². The summed E-state index contributed by atoms with van der Waals surface area (Å²) in [6.45, 7) is 2.52. The van der Waals surface area contributed by atoms with E-state index in [1.54, 1.807) is 12.1 Å². The molecule has 2 heterocycles. The Hall–Kier alpha value is -1.98. The second-order valence-corrected chi connectivity index (χ2v) is 6.77. The molecule has 0 aromatic heterocycles. The maximum Gasteiger partial charge on any atom is 0.231 e. The van der Waals surface area contributed by atoms with E-state index < -0.39 is 0 Å². The van der Waals surface area contributed by atoms with Crippen molar-refractivity contribution in [1.29, 1.82) is 0 Å². The van der Waals surface area contributed by atoms with Crippen molar-refractivity contribution in [1.82, 2.24) is 5.32 Å². The van der Waals surface area contributed by atoms with E-state index in [0.717, 1.165) is 25.1 Å². The van der Waals surface area contributed by atoms with Crippen molar-refractivity contribution >= 4 is 11.6 Å². The molecule has 0 radical (unpaired) electrons. The number of ether oxygens (including phenoxy) is 3. The number of fused-ring (bicyclic) bond motifs is 1. The zero-order chi connectivity index (χ0) is 17.2. The molecular weight excluding hydrogens is 345 g/mol. The van der Waals surface area contributed by atoms with Crippen LogP contribution in [0.3, 0.4) is 0 Å². The smallest absolute Gasteiger partial charge is 0.231 e. The molecule has 0 spiro atoms. The van der Waals surface area contributed by atoms with Crippen LogP contribution in [0.4, 0.5) is 4.39 Å². The first kappa shape index (κ1) is 16.5. The minimum atomic E-state index is -0.211. The molecule has 2 aromatic carbocycles. The van der Waals surface area contributed by atoms with Gasteiger partial charge >= 0.3 is 0 Å². The third kappa shape index (κ3) is 3.53. The summed E-state index contributed by atoms with van der Waals surface area (Å²) in [7, 11) is 0. The third-order valence-electron chi connectivity index (χ3n) is 4.79. The molecule has 0 saturated carbocycles. The molecule has 2 aliphatic heterocycles. The Kier molecular flexibility index (Phi) is 4.68. The van der Waals surface area contributed by atoms with E-state index >= 15 is 0 Å². The van der Waals surface area contributed by atoms with Crippen LogP contribution in [0.25, 0.3) is 0 Å². The van der Waals surface area contributed by atoms with Crippen molar-refractivity contribution in [3.8, 4) is 17.2 Å². The topological polar surface area (TPSA) is 39.7 Å². The Morgan fingerprint density at radius 3 is 2.72 bits per heavy atom. The zero-order valence-corrected chi connectivity index (χ0v) is 14.4. The molecule has 25 heavy (non-hydrogen) atoms. The first-order valence-corrected chi connectivity index (χ1v) is 8.76. The van der Waals surface area contributed by atoms with E-state index in [1.807, 2.05) is 12.1 Å². The van der Waals surface area contributed by atoms with Crippen LogP contribution in [0.2, 0.25) is 5.02 Å². The predicted octanol–water partition coefficient (Wildman–Crippen LogP) is 3.98. The van der Waals surface area contributed by atoms with Gasteiger partial charge in [-0.05, 0) is 36.6 Å². The molecule has 2 aromatic rings. The fourth-order valence-corrected chi connectivity index (χ4v) is 3.66. The van der Waals surface area contributed by atoms with Crippen molar-refractivity contribution in [2.75, 3.05) is 26.5 Å². The number of rotatable bonds is 4. The number of hydrogen-bond donors (Lipinski definition) is 1. The fourth-order valence-electron chi connectivity index (χ4n) is 3.45. The fraction of sp³-hybridized carbons (Fsp3) is 0.368. The van der Waals surface area contributed by atoms with E-state index in [1.165, 1.54) is 12.1 Å². The van der Waals surface area contributed by atoms with Gasteiger partial charge in [0.2, 0.25) is 6.79 Å². The highest BCUT2D eigenvalue weighted by Gasteiger charge is 2.27. The molecule has 1 saturated heterocycles. The van der Waals surface area contributed by atoms with Crippen LogP contribution in [0.1, 0.15) is 17.9 Å². The Labute approximate surface area is 150 Å². The average Bonchev–Trinajstić information content (AvgIpc) is 3.08. The lowest BCUT2D eigenvalue weighted by molar-refractivity contribution is 0.173.